The molecule has 0 fully saturated rings. The van der Waals surface area contributed by atoms with E-state index in [9.17, 15) is 4.79 Å². The van der Waals surface area contributed by atoms with Gasteiger partial charge in [0.1, 0.15) is 5.69 Å². The van der Waals surface area contributed by atoms with Gasteiger partial charge in [-0.15, -0.1) is 0 Å². The van der Waals surface area contributed by atoms with Gasteiger partial charge in [0.05, 0.1) is 24.6 Å². The second-order valence-corrected chi connectivity index (χ2v) is 3.86. The Labute approximate surface area is 102 Å². The van der Waals surface area contributed by atoms with Crippen molar-refractivity contribution in [3.05, 3.63) is 24.0 Å². The number of hydrogen-bond donors (Lipinski definition) is 2. The standard InChI is InChI=1S/C12H19N3O2/c1-9(2)17-7-6-14-12(16)11-5-4-10(13-3)8-15-11/h4-5,8-9,13H,6-7H2,1-3H3,(H,14,16). The van der Waals surface area contributed by atoms with Crippen LogP contribution in [0.25, 0.3) is 0 Å². The first kappa shape index (κ1) is 13.4. The highest BCUT2D eigenvalue weighted by Crippen LogP contribution is 2.04. The van der Waals surface area contributed by atoms with Crippen LogP contribution in [-0.4, -0.2) is 37.2 Å². The maximum atomic E-state index is 11.6. The van der Waals surface area contributed by atoms with Crippen molar-refractivity contribution in [2.24, 2.45) is 0 Å². The van der Waals surface area contributed by atoms with Crippen molar-refractivity contribution < 1.29 is 9.53 Å². The molecular weight excluding hydrogens is 218 g/mol. The smallest absolute Gasteiger partial charge is 0.269 e. The fourth-order valence-electron chi connectivity index (χ4n) is 1.23. The Morgan fingerprint density at radius 2 is 2.24 bits per heavy atom. The van der Waals surface area contributed by atoms with Crippen LogP contribution in [0, 0.1) is 0 Å². The fourth-order valence-corrected chi connectivity index (χ4v) is 1.23. The molecule has 0 aromatic carbocycles. The summed E-state index contributed by atoms with van der Waals surface area (Å²) in [5, 5.41) is 5.69. The number of hydrogen-bond acceptors (Lipinski definition) is 4. The lowest BCUT2D eigenvalue weighted by atomic mass is 10.3. The van der Waals surface area contributed by atoms with Crippen LogP contribution >= 0.6 is 0 Å². The molecule has 0 saturated heterocycles. The molecule has 5 nitrogen and oxygen atoms in total. The molecule has 0 saturated carbocycles. The van der Waals surface area contributed by atoms with Gasteiger partial charge in [0.15, 0.2) is 0 Å². The van der Waals surface area contributed by atoms with E-state index < -0.39 is 0 Å². The average molecular weight is 237 g/mol. The zero-order chi connectivity index (χ0) is 12.7. The molecule has 0 radical (unpaired) electrons. The van der Waals surface area contributed by atoms with Crippen LogP contribution in [0.2, 0.25) is 0 Å². The number of pyridine rings is 1. The molecule has 0 aliphatic heterocycles. The van der Waals surface area contributed by atoms with Crippen molar-refractivity contribution in [2.45, 2.75) is 20.0 Å². The number of nitrogens with one attached hydrogen (secondary N) is 2. The minimum absolute atomic E-state index is 0.180. The van der Waals surface area contributed by atoms with Crippen molar-refractivity contribution in [3.8, 4) is 0 Å². The average Bonchev–Trinajstić information content (AvgIpc) is 2.34. The van der Waals surface area contributed by atoms with Crippen LogP contribution in [0.15, 0.2) is 18.3 Å². The van der Waals surface area contributed by atoms with Gasteiger partial charge in [-0.25, -0.2) is 4.98 Å². The summed E-state index contributed by atoms with van der Waals surface area (Å²) in [7, 11) is 1.81. The number of carbonyl (C=O) groups is 1. The first-order valence-corrected chi connectivity index (χ1v) is 5.67. The molecule has 5 heteroatoms. The summed E-state index contributed by atoms with van der Waals surface area (Å²) < 4.78 is 5.32. The molecule has 17 heavy (non-hydrogen) atoms. The van der Waals surface area contributed by atoms with Crippen LogP contribution in [-0.2, 0) is 4.74 Å². The summed E-state index contributed by atoms with van der Waals surface area (Å²) in [5.41, 5.74) is 1.29. The van der Waals surface area contributed by atoms with E-state index in [0.29, 0.717) is 18.8 Å². The van der Waals surface area contributed by atoms with Gasteiger partial charge in [0.2, 0.25) is 0 Å². The summed E-state index contributed by atoms with van der Waals surface area (Å²) in [6.07, 6.45) is 1.81. The predicted molar refractivity (Wildman–Crippen MR) is 67.2 cm³/mol. The number of ether oxygens (including phenoxy) is 1. The Morgan fingerprint density at radius 1 is 1.47 bits per heavy atom. The number of rotatable bonds is 6. The predicted octanol–water partition coefficient (Wildman–Crippen LogP) is 1.28. The lowest BCUT2D eigenvalue weighted by molar-refractivity contribution is 0.0745. The molecule has 0 bridgehead atoms. The van der Waals surface area contributed by atoms with E-state index in [2.05, 4.69) is 15.6 Å². The van der Waals surface area contributed by atoms with E-state index in [1.807, 2.05) is 19.9 Å². The summed E-state index contributed by atoms with van der Waals surface area (Å²) in [6, 6.07) is 3.50. The summed E-state index contributed by atoms with van der Waals surface area (Å²) in [5.74, 6) is -0.181. The van der Waals surface area contributed by atoms with Crippen LogP contribution in [0.5, 0.6) is 0 Å². The van der Waals surface area contributed by atoms with E-state index in [0.717, 1.165) is 5.69 Å². The van der Waals surface area contributed by atoms with Crippen molar-refractivity contribution in [3.63, 3.8) is 0 Å². The van der Waals surface area contributed by atoms with Crippen molar-refractivity contribution in [1.82, 2.24) is 10.3 Å². The second kappa shape index (κ2) is 6.85. The van der Waals surface area contributed by atoms with Gasteiger partial charge in [-0.05, 0) is 26.0 Å². The summed E-state index contributed by atoms with van der Waals surface area (Å²) >= 11 is 0. The summed E-state index contributed by atoms with van der Waals surface area (Å²) in [6.45, 7) is 4.92. The largest absolute Gasteiger partial charge is 0.387 e. The first-order chi connectivity index (χ1) is 8.13. The lowest BCUT2D eigenvalue weighted by Gasteiger charge is -2.08. The molecule has 0 spiro atoms. The molecule has 1 heterocycles. The Morgan fingerprint density at radius 3 is 2.76 bits per heavy atom. The Kier molecular flexibility index (Phi) is 5.42. The highest BCUT2D eigenvalue weighted by atomic mass is 16.5. The molecule has 1 aromatic rings. The van der Waals surface area contributed by atoms with E-state index in [-0.39, 0.29) is 12.0 Å². The van der Waals surface area contributed by atoms with Crippen molar-refractivity contribution in [1.29, 1.82) is 0 Å². The highest BCUT2D eigenvalue weighted by molar-refractivity contribution is 5.92. The van der Waals surface area contributed by atoms with Crippen LogP contribution in [0.1, 0.15) is 24.3 Å². The minimum atomic E-state index is -0.181. The van der Waals surface area contributed by atoms with Gasteiger partial charge in [-0.3, -0.25) is 4.79 Å². The third-order valence-corrected chi connectivity index (χ3v) is 2.12. The molecule has 2 N–H and O–H groups in total. The number of nitrogens with zero attached hydrogens (tertiary/aromatic N) is 1. The van der Waals surface area contributed by atoms with Crippen LogP contribution in [0.4, 0.5) is 5.69 Å². The Balaban J connectivity index is 2.36. The van der Waals surface area contributed by atoms with E-state index in [1.54, 1.807) is 19.3 Å². The maximum Gasteiger partial charge on any atom is 0.269 e. The van der Waals surface area contributed by atoms with E-state index in [1.165, 1.54) is 0 Å². The number of amides is 1. The molecular formula is C12H19N3O2. The number of anilines is 1. The highest BCUT2D eigenvalue weighted by Gasteiger charge is 2.05. The van der Waals surface area contributed by atoms with Crippen molar-refractivity contribution >= 4 is 11.6 Å². The molecule has 0 unspecified atom stereocenters. The van der Waals surface area contributed by atoms with Gasteiger partial charge >= 0.3 is 0 Å². The summed E-state index contributed by atoms with van der Waals surface area (Å²) in [4.78, 5) is 15.7. The normalized spacial score (nSPS) is 10.4. The Hall–Kier alpha value is -1.62. The zero-order valence-electron chi connectivity index (χ0n) is 10.5. The van der Waals surface area contributed by atoms with Crippen molar-refractivity contribution in [2.75, 3.05) is 25.5 Å². The number of aromatic nitrogens is 1. The molecule has 1 aromatic heterocycles. The SMILES string of the molecule is CNc1ccc(C(=O)NCCOC(C)C)nc1. The molecule has 0 aliphatic rings. The van der Waals surface area contributed by atoms with Crippen LogP contribution < -0.4 is 10.6 Å². The lowest BCUT2D eigenvalue weighted by Crippen LogP contribution is -2.28. The first-order valence-electron chi connectivity index (χ1n) is 5.67. The van der Waals surface area contributed by atoms with Gasteiger partial charge in [0, 0.05) is 13.6 Å². The fraction of sp³-hybridized carbons (Fsp3) is 0.500. The van der Waals surface area contributed by atoms with E-state index >= 15 is 0 Å². The molecule has 94 valence electrons. The molecule has 1 amide bonds. The van der Waals surface area contributed by atoms with E-state index in [4.69, 9.17) is 4.74 Å². The van der Waals surface area contributed by atoms with Gasteiger partial charge in [0.25, 0.3) is 5.91 Å². The van der Waals surface area contributed by atoms with Gasteiger partial charge in [-0.1, -0.05) is 0 Å². The molecule has 1 rings (SSSR count). The topological polar surface area (TPSA) is 63.2 Å². The quantitative estimate of drug-likeness (QED) is 0.732. The second-order valence-electron chi connectivity index (χ2n) is 3.86. The van der Waals surface area contributed by atoms with Gasteiger partial charge < -0.3 is 15.4 Å². The van der Waals surface area contributed by atoms with Crippen LogP contribution in [0.3, 0.4) is 0 Å². The number of carbonyl (C=O) groups excluding carboxylic acids is 1. The third-order valence-electron chi connectivity index (χ3n) is 2.12. The maximum absolute atomic E-state index is 11.6. The third kappa shape index (κ3) is 4.82. The molecule has 0 atom stereocenters. The van der Waals surface area contributed by atoms with Gasteiger partial charge in [-0.2, -0.15) is 0 Å². The monoisotopic (exact) mass is 237 g/mol. The zero-order valence-corrected chi connectivity index (χ0v) is 10.5. The minimum Gasteiger partial charge on any atom is -0.387 e. The molecule has 0 aliphatic carbocycles. The Bertz CT molecular complexity index is 349.